The van der Waals surface area contributed by atoms with Crippen molar-refractivity contribution in [2.45, 2.75) is 12.0 Å². The molecule has 1 fully saturated rings. The molecule has 1 aliphatic heterocycles. The maximum Gasteiger partial charge on any atom is 0.334 e. The van der Waals surface area contributed by atoms with E-state index in [2.05, 4.69) is 10.1 Å². The normalized spacial score (nSPS) is 28.7. The average Bonchev–Trinajstić information content (AvgIpc) is 1.96. The number of carbonyl (C=O) groups excluding carboxylic acids is 2. The highest BCUT2D eigenvalue weighted by atomic mass is 16.5. The first-order chi connectivity index (χ1) is 5.14. The molecule has 1 heterocycles. The van der Waals surface area contributed by atoms with Crippen LogP contribution in [0.5, 0.6) is 0 Å². The first-order valence-electron chi connectivity index (χ1n) is 3.15. The van der Waals surface area contributed by atoms with E-state index in [-0.39, 0.29) is 12.3 Å². The van der Waals surface area contributed by atoms with Crippen LogP contribution in [0.25, 0.3) is 0 Å². The molecule has 2 N–H and O–H groups in total. The van der Waals surface area contributed by atoms with Gasteiger partial charge in [0.1, 0.15) is 0 Å². The molecule has 0 aromatic heterocycles. The standard InChI is InChI=1S/C6H9NO4/c1-11-5(10)6(3-8)2-4(9)7-6/h8H,2-3H2,1H3,(H,7,9)/t6-/m0/s1. The molecule has 0 unspecified atom stereocenters. The highest BCUT2D eigenvalue weighted by molar-refractivity contribution is 5.99. The third-order valence-electron chi connectivity index (χ3n) is 1.69. The fourth-order valence-corrected chi connectivity index (χ4v) is 1.00. The number of ether oxygens (including phenoxy) is 1. The van der Waals surface area contributed by atoms with Gasteiger partial charge in [0.25, 0.3) is 0 Å². The second-order valence-corrected chi connectivity index (χ2v) is 2.46. The lowest BCUT2D eigenvalue weighted by molar-refractivity contribution is -0.161. The van der Waals surface area contributed by atoms with Crippen LogP contribution >= 0.6 is 0 Å². The molecule has 5 nitrogen and oxygen atoms in total. The monoisotopic (exact) mass is 159 g/mol. The Morgan fingerprint density at radius 3 is 2.73 bits per heavy atom. The third kappa shape index (κ3) is 1.07. The fourth-order valence-electron chi connectivity index (χ4n) is 1.00. The number of carbonyl (C=O) groups is 2. The summed E-state index contributed by atoms with van der Waals surface area (Å²) in [5.41, 5.74) is -1.16. The number of nitrogens with one attached hydrogen (secondary N) is 1. The van der Waals surface area contributed by atoms with Crippen molar-refractivity contribution in [2.24, 2.45) is 0 Å². The number of hydrogen-bond acceptors (Lipinski definition) is 4. The molecule has 1 rings (SSSR count). The molecule has 0 aromatic rings. The Hall–Kier alpha value is -1.10. The molecule has 0 aromatic carbocycles. The van der Waals surface area contributed by atoms with E-state index in [0.717, 1.165) is 0 Å². The SMILES string of the molecule is COC(=O)[C@@]1(CO)CC(=O)N1. The van der Waals surface area contributed by atoms with Crippen LogP contribution in [0.3, 0.4) is 0 Å². The second kappa shape index (κ2) is 2.50. The first-order valence-corrected chi connectivity index (χ1v) is 3.15. The zero-order chi connectivity index (χ0) is 8.48. The zero-order valence-electron chi connectivity index (χ0n) is 6.09. The van der Waals surface area contributed by atoms with Crippen molar-refractivity contribution in [1.29, 1.82) is 0 Å². The molecule has 1 saturated heterocycles. The quantitative estimate of drug-likeness (QED) is 0.376. The molecule has 0 aliphatic carbocycles. The Kier molecular flexibility index (Phi) is 1.82. The number of rotatable bonds is 2. The fraction of sp³-hybridized carbons (Fsp3) is 0.667. The van der Waals surface area contributed by atoms with Gasteiger partial charge in [-0.05, 0) is 0 Å². The van der Waals surface area contributed by atoms with Crippen LogP contribution < -0.4 is 5.32 Å². The number of aliphatic hydroxyl groups is 1. The predicted octanol–water partition coefficient (Wildman–Crippen LogP) is -1.59. The highest BCUT2D eigenvalue weighted by Crippen LogP contribution is 2.20. The van der Waals surface area contributed by atoms with Crippen LogP contribution in [0.15, 0.2) is 0 Å². The molecular weight excluding hydrogens is 150 g/mol. The van der Waals surface area contributed by atoms with Crippen molar-refractivity contribution < 1.29 is 19.4 Å². The van der Waals surface area contributed by atoms with Crippen molar-refractivity contribution in [3.05, 3.63) is 0 Å². The molecule has 62 valence electrons. The molecule has 5 heteroatoms. The van der Waals surface area contributed by atoms with Crippen LogP contribution in [0.4, 0.5) is 0 Å². The number of hydrogen-bond donors (Lipinski definition) is 2. The van der Waals surface area contributed by atoms with Crippen LogP contribution in [-0.2, 0) is 14.3 Å². The Balaban J connectivity index is 2.64. The summed E-state index contributed by atoms with van der Waals surface area (Å²) in [6.07, 6.45) is 0.0101. The summed E-state index contributed by atoms with van der Waals surface area (Å²) < 4.78 is 4.38. The molecule has 0 radical (unpaired) electrons. The van der Waals surface area contributed by atoms with Gasteiger partial charge in [0, 0.05) is 0 Å². The van der Waals surface area contributed by atoms with E-state index in [0.29, 0.717) is 0 Å². The van der Waals surface area contributed by atoms with Crippen molar-refractivity contribution in [3.8, 4) is 0 Å². The minimum Gasteiger partial charge on any atom is -0.467 e. The van der Waals surface area contributed by atoms with Gasteiger partial charge < -0.3 is 15.2 Å². The summed E-state index contributed by atoms with van der Waals surface area (Å²) >= 11 is 0. The van der Waals surface area contributed by atoms with Crippen LogP contribution in [0, 0.1) is 0 Å². The lowest BCUT2D eigenvalue weighted by Gasteiger charge is -2.37. The number of esters is 1. The Morgan fingerprint density at radius 2 is 2.45 bits per heavy atom. The van der Waals surface area contributed by atoms with Gasteiger partial charge in [-0.15, -0.1) is 0 Å². The Bertz CT molecular complexity index is 193. The molecule has 1 atom stereocenters. The van der Waals surface area contributed by atoms with E-state index in [1.54, 1.807) is 0 Å². The molecule has 11 heavy (non-hydrogen) atoms. The van der Waals surface area contributed by atoms with Crippen molar-refractivity contribution in [2.75, 3.05) is 13.7 Å². The van der Waals surface area contributed by atoms with Gasteiger partial charge in [0.15, 0.2) is 5.54 Å². The van der Waals surface area contributed by atoms with Gasteiger partial charge in [-0.2, -0.15) is 0 Å². The second-order valence-electron chi connectivity index (χ2n) is 2.46. The largest absolute Gasteiger partial charge is 0.467 e. The maximum atomic E-state index is 10.9. The van der Waals surface area contributed by atoms with Gasteiger partial charge in [0.05, 0.1) is 20.1 Å². The van der Waals surface area contributed by atoms with Gasteiger partial charge in [-0.25, -0.2) is 4.79 Å². The zero-order valence-corrected chi connectivity index (χ0v) is 6.09. The number of methoxy groups -OCH3 is 1. The Labute approximate surface area is 63.3 Å². The predicted molar refractivity (Wildman–Crippen MR) is 34.6 cm³/mol. The number of β-lactam (4-membered cyclic amide) rings is 1. The topological polar surface area (TPSA) is 75.6 Å². The lowest BCUT2D eigenvalue weighted by Crippen LogP contribution is -2.68. The minimum atomic E-state index is -1.16. The van der Waals surface area contributed by atoms with Gasteiger partial charge >= 0.3 is 5.97 Å². The molecule has 1 aliphatic rings. The maximum absolute atomic E-state index is 10.9. The third-order valence-corrected chi connectivity index (χ3v) is 1.69. The van der Waals surface area contributed by atoms with E-state index in [1.807, 2.05) is 0 Å². The van der Waals surface area contributed by atoms with Crippen molar-refractivity contribution >= 4 is 11.9 Å². The van der Waals surface area contributed by atoms with Gasteiger partial charge in [-0.3, -0.25) is 4.79 Å². The summed E-state index contributed by atoms with van der Waals surface area (Å²) in [6.45, 7) is -0.411. The summed E-state index contributed by atoms with van der Waals surface area (Å²) in [7, 11) is 1.21. The summed E-state index contributed by atoms with van der Waals surface area (Å²) in [5, 5.41) is 11.0. The molecule has 0 saturated carbocycles. The molecule has 0 bridgehead atoms. The average molecular weight is 159 g/mol. The molecule has 0 spiro atoms. The smallest absolute Gasteiger partial charge is 0.334 e. The van der Waals surface area contributed by atoms with E-state index in [4.69, 9.17) is 5.11 Å². The number of amides is 1. The van der Waals surface area contributed by atoms with E-state index in [1.165, 1.54) is 7.11 Å². The van der Waals surface area contributed by atoms with Crippen molar-refractivity contribution in [3.63, 3.8) is 0 Å². The molecular formula is C6H9NO4. The van der Waals surface area contributed by atoms with Gasteiger partial charge in [0.2, 0.25) is 5.91 Å². The lowest BCUT2D eigenvalue weighted by atomic mass is 9.88. The van der Waals surface area contributed by atoms with E-state index in [9.17, 15) is 9.59 Å². The van der Waals surface area contributed by atoms with Crippen LogP contribution in [-0.4, -0.2) is 36.2 Å². The number of aliphatic hydroxyl groups excluding tert-OH is 1. The summed E-state index contributed by atoms with van der Waals surface area (Å²) in [6, 6.07) is 0. The minimum absolute atomic E-state index is 0.0101. The van der Waals surface area contributed by atoms with E-state index < -0.39 is 18.1 Å². The molecule has 1 amide bonds. The van der Waals surface area contributed by atoms with Crippen LogP contribution in [0.2, 0.25) is 0 Å². The first kappa shape index (κ1) is 8.00. The van der Waals surface area contributed by atoms with E-state index >= 15 is 0 Å². The summed E-state index contributed by atoms with van der Waals surface area (Å²) in [4.78, 5) is 21.4. The van der Waals surface area contributed by atoms with Crippen LogP contribution in [0.1, 0.15) is 6.42 Å². The summed E-state index contributed by atoms with van der Waals surface area (Å²) in [5.74, 6) is -0.843. The Morgan fingerprint density at radius 1 is 1.91 bits per heavy atom. The highest BCUT2D eigenvalue weighted by Gasteiger charge is 2.50. The van der Waals surface area contributed by atoms with Gasteiger partial charge in [-0.1, -0.05) is 0 Å². The van der Waals surface area contributed by atoms with Crippen molar-refractivity contribution in [1.82, 2.24) is 5.32 Å².